The SMILES string of the molecule is CC(=O)c1c[nH]c2ncnc(N3CC[C@H]3c3nn4ccc(Cl)c4c(=O)n3-c3ccccc3)c12. The molecule has 1 aromatic carbocycles. The molecule has 5 heterocycles. The Kier molecular flexibility index (Phi) is 4.34. The van der Waals surface area contributed by atoms with Crippen molar-refractivity contribution in [1.82, 2.24) is 29.1 Å². The number of fused-ring (bicyclic) bond motifs is 2. The number of hydrogen-bond donors (Lipinski definition) is 1. The summed E-state index contributed by atoms with van der Waals surface area (Å²) in [6.45, 7) is 2.22. The predicted molar refractivity (Wildman–Crippen MR) is 124 cm³/mol. The number of rotatable bonds is 4. The molecule has 0 radical (unpaired) electrons. The van der Waals surface area contributed by atoms with Gasteiger partial charge in [-0.05, 0) is 31.5 Å². The van der Waals surface area contributed by atoms with Gasteiger partial charge in [-0.15, -0.1) is 0 Å². The molecule has 9 nitrogen and oxygen atoms in total. The minimum atomic E-state index is -0.244. The van der Waals surface area contributed by atoms with E-state index in [1.165, 1.54) is 17.8 Å². The summed E-state index contributed by atoms with van der Waals surface area (Å²) >= 11 is 6.30. The smallest absolute Gasteiger partial charge is 0.284 e. The average molecular weight is 460 g/mol. The summed E-state index contributed by atoms with van der Waals surface area (Å²) in [4.78, 5) is 39.7. The average Bonchev–Trinajstić information content (AvgIpc) is 3.38. The number of nitrogens with one attached hydrogen (secondary N) is 1. The number of carbonyl (C=O) groups excluding carboxylic acids is 1. The van der Waals surface area contributed by atoms with Crippen LogP contribution in [0.1, 0.15) is 35.6 Å². The fraction of sp³-hybridized carbons (Fsp3) is 0.174. The zero-order valence-electron chi connectivity index (χ0n) is 17.6. The quantitative estimate of drug-likeness (QED) is 0.412. The molecule has 1 aliphatic rings. The number of para-hydroxylation sites is 1. The van der Waals surface area contributed by atoms with Crippen LogP contribution in [0.15, 0.2) is 59.9 Å². The number of H-pyrrole nitrogens is 1. The van der Waals surface area contributed by atoms with Crippen LogP contribution in [-0.4, -0.2) is 41.5 Å². The highest BCUT2D eigenvalue weighted by molar-refractivity contribution is 6.33. The van der Waals surface area contributed by atoms with Crippen molar-refractivity contribution >= 4 is 39.8 Å². The second kappa shape index (κ2) is 7.28. The Hall–Kier alpha value is -3.98. The number of ketones is 1. The van der Waals surface area contributed by atoms with Crippen LogP contribution in [0, 0.1) is 0 Å². The second-order valence-corrected chi connectivity index (χ2v) is 8.38. The van der Waals surface area contributed by atoms with E-state index >= 15 is 0 Å². The maximum atomic E-state index is 13.6. The van der Waals surface area contributed by atoms with Gasteiger partial charge in [-0.25, -0.2) is 14.5 Å². The van der Waals surface area contributed by atoms with Crippen LogP contribution in [0.4, 0.5) is 5.82 Å². The van der Waals surface area contributed by atoms with Crippen molar-refractivity contribution in [2.45, 2.75) is 19.4 Å². The number of anilines is 1. The van der Waals surface area contributed by atoms with Crippen molar-refractivity contribution in [2.75, 3.05) is 11.4 Å². The molecule has 0 spiro atoms. The lowest BCUT2D eigenvalue weighted by molar-refractivity contribution is 0.101. The highest BCUT2D eigenvalue weighted by atomic mass is 35.5. The normalized spacial score (nSPS) is 15.8. The lowest BCUT2D eigenvalue weighted by Crippen LogP contribution is -2.45. The molecule has 1 aliphatic heterocycles. The number of nitrogens with zero attached hydrogens (tertiary/aromatic N) is 6. The van der Waals surface area contributed by atoms with Crippen molar-refractivity contribution in [3.05, 3.63) is 81.9 Å². The molecular weight excluding hydrogens is 442 g/mol. The molecular formula is C23H18ClN7O2. The molecule has 4 aromatic heterocycles. The minimum Gasteiger partial charge on any atom is -0.345 e. The molecule has 10 heteroatoms. The highest BCUT2D eigenvalue weighted by Crippen LogP contribution is 2.40. The van der Waals surface area contributed by atoms with Crippen LogP contribution in [0.25, 0.3) is 22.2 Å². The van der Waals surface area contributed by atoms with E-state index in [-0.39, 0.29) is 17.4 Å². The van der Waals surface area contributed by atoms with E-state index in [4.69, 9.17) is 16.7 Å². The number of aromatic nitrogens is 6. The van der Waals surface area contributed by atoms with E-state index in [0.29, 0.717) is 51.0 Å². The van der Waals surface area contributed by atoms with E-state index in [1.54, 1.807) is 23.0 Å². The number of halogens is 1. The number of hydrogen-bond acceptors (Lipinski definition) is 6. The predicted octanol–water partition coefficient (Wildman–Crippen LogP) is 3.56. The van der Waals surface area contributed by atoms with Crippen LogP contribution in [0.3, 0.4) is 0 Å². The van der Waals surface area contributed by atoms with Gasteiger partial charge in [0.25, 0.3) is 5.56 Å². The summed E-state index contributed by atoms with van der Waals surface area (Å²) in [6, 6.07) is 10.8. The van der Waals surface area contributed by atoms with Gasteiger partial charge in [-0.2, -0.15) is 5.10 Å². The van der Waals surface area contributed by atoms with Crippen LogP contribution in [-0.2, 0) is 0 Å². The third kappa shape index (κ3) is 2.89. The van der Waals surface area contributed by atoms with Gasteiger partial charge in [0.05, 0.1) is 22.1 Å². The molecule has 5 aromatic rings. The van der Waals surface area contributed by atoms with Gasteiger partial charge in [0.2, 0.25) is 0 Å². The van der Waals surface area contributed by atoms with Crippen molar-refractivity contribution in [1.29, 1.82) is 0 Å². The fourth-order valence-corrected chi connectivity index (χ4v) is 4.66. The first kappa shape index (κ1) is 19.7. The zero-order chi connectivity index (χ0) is 22.7. The van der Waals surface area contributed by atoms with E-state index in [0.717, 1.165) is 6.42 Å². The van der Waals surface area contributed by atoms with Gasteiger partial charge in [-0.1, -0.05) is 29.8 Å². The third-order valence-corrected chi connectivity index (χ3v) is 6.40. The number of benzene rings is 1. The van der Waals surface area contributed by atoms with Crippen LogP contribution in [0.2, 0.25) is 5.02 Å². The largest absolute Gasteiger partial charge is 0.345 e. The molecule has 0 bridgehead atoms. The number of Topliss-reactive ketones (excluding diaryl/α,β-unsaturated/α-hetero) is 1. The Bertz CT molecular complexity index is 1600. The maximum absolute atomic E-state index is 13.6. The van der Waals surface area contributed by atoms with Crippen LogP contribution >= 0.6 is 11.6 Å². The standard InChI is InChI=1S/C23H18ClN7O2/c1-13(32)15-11-25-20-18(15)22(27-12-26-20)29-9-8-17(29)21-28-30-10-7-16(24)19(30)23(33)31(21)14-5-3-2-4-6-14/h2-7,10-12,17H,8-9H2,1H3,(H,25,26,27)/t17-/m0/s1. The van der Waals surface area contributed by atoms with Crippen molar-refractivity contribution < 1.29 is 4.79 Å². The topological polar surface area (TPSA) is 101 Å². The highest BCUT2D eigenvalue weighted by Gasteiger charge is 2.37. The molecule has 1 N–H and O–H groups in total. The van der Waals surface area contributed by atoms with E-state index in [9.17, 15) is 9.59 Å². The van der Waals surface area contributed by atoms with Gasteiger partial charge in [-0.3, -0.25) is 14.2 Å². The van der Waals surface area contributed by atoms with Gasteiger partial charge < -0.3 is 9.88 Å². The first-order valence-electron chi connectivity index (χ1n) is 10.5. The molecule has 0 aliphatic carbocycles. The lowest BCUT2D eigenvalue weighted by Gasteiger charge is -2.42. The third-order valence-electron chi connectivity index (χ3n) is 6.10. The number of aromatic amines is 1. The molecule has 33 heavy (non-hydrogen) atoms. The Labute approximate surface area is 192 Å². The van der Waals surface area contributed by atoms with Gasteiger partial charge >= 0.3 is 0 Å². The molecule has 6 rings (SSSR count). The van der Waals surface area contributed by atoms with Crippen molar-refractivity contribution in [3.63, 3.8) is 0 Å². The van der Waals surface area contributed by atoms with E-state index in [1.807, 2.05) is 30.3 Å². The summed E-state index contributed by atoms with van der Waals surface area (Å²) in [5, 5.41) is 5.82. The summed E-state index contributed by atoms with van der Waals surface area (Å²) in [7, 11) is 0. The van der Waals surface area contributed by atoms with Gasteiger partial charge in [0.1, 0.15) is 23.3 Å². The molecule has 1 fully saturated rings. The lowest BCUT2D eigenvalue weighted by atomic mass is 10.0. The molecule has 164 valence electrons. The van der Waals surface area contributed by atoms with Crippen LogP contribution in [0.5, 0.6) is 0 Å². The molecule has 0 saturated carbocycles. The number of carbonyl (C=O) groups is 1. The molecule has 0 unspecified atom stereocenters. The maximum Gasteiger partial charge on any atom is 0.284 e. The van der Waals surface area contributed by atoms with Gasteiger partial charge in [0.15, 0.2) is 11.6 Å². The molecule has 0 amide bonds. The van der Waals surface area contributed by atoms with E-state index in [2.05, 4.69) is 19.9 Å². The first-order chi connectivity index (χ1) is 16.0. The zero-order valence-corrected chi connectivity index (χ0v) is 18.3. The van der Waals surface area contributed by atoms with Crippen LogP contribution < -0.4 is 10.5 Å². The molecule has 1 saturated heterocycles. The fourth-order valence-electron chi connectivity index (χ4n) is 4.44. The Morgan fingerprint density at radius 2 is 2.00 bits per heavy atom. The van der Waals surface area contributed by atoms with Crippen molar-refractivity contribution in [3.8, 4) is 5.69 Å². The Morgan fingerprint density at radius 3 is 2.73 bits per heavy atom. The monoisotopic (exact) mass is 459 g/mol. The molecule has 1 atom stereocenters. The Balaban J connectivity index is 1.57. The first-order valence-corrected chi connectivity index (χ1v) is 10.9. The minimum absolute atomic E-state index is 0.0721. The summed E-state index contributed by atoms with van der Waals surface area (Å²) < 4.78 is 3.14. The van der Waals surface area contributed by atoms with E-state index < -0.39 is 0 Å². The van der Waals surface area contributed by atoms with Gasteiger partial charge in [0, 0.05) is 24.5 Å². The second-order valence-electron chi connectivity index (χ2n) is 7.97. The Morgan fingerprint density at radius 1 is 1.18 bits per heavy atom. The van der Waals surface area contributed by atoms with Crippen molar-refractivity contribution in [2.24, 2.45) is 0 Å². The summed E-state index contributed by atoms with van der Waals surface area (Å²) in [5.74, 6) is 1.14. The summed E-state index contributed by atoms with van der Waals surface area (Å²) in [6.07, 6.45) is 5.58. The summed E-state index contributed by atoms with van der Waals surface area (Å²) in [5.41, 5.74) is 1.91.